The first-order valence-corrected chi connectivity index (χ1v) is 4.84. The first-order valence-electron chi connectivity index (χ1n) is 4.84. The molecular weight excluding hydrogens is 206 g/mol. The van der Waals surface area contributed by atoms with E-state index in [1.165, 1.54) is 0 Å². The zero-order valence-corrected chi connectivity index (χ0v) is 9.07. The van der Waals surface area contributed by atoms with Crippen molar-refractivity contribution in [1.29, 1.82) is 0 Å². The molecular formula is C11H13N3O2. The Labute approximate surface area is 92.5 Å². The number of aryl methyl sites for hydroxylation is 1. The molecule has 5 heteroatoms. The molecule has 0 bridgehead atoms. The topological polar surface area (TPSA) is 95.2 Å². The maximum atomic E-state index is 9.83. The minimum atomic E-state index is -0.160. The van der Waals surface area contributed by atoms with Gasteiger partial charge in [-0.3, -0.25) is 5.10 Å². The number of anilines is 1. The fourth-order valence-corrected chi connectivity index (χ4v) is 1.57. The number of nitrogens with one attached hydrogen (secondary N) is 1. The molecule has 0 aliphatic carbocycles. The molecule has 0 aliphatic rings. The molecule has 0 unspecified atom stereocenters. The number of rotatable bonds is 1. The smallest absolute Gasteiger partial charge is 0.167 e. The Hall–Kier alpha value is -2.17. The van der Waals surface area contributed by atoms with Crippen molar-refractivity contribution in [3.05, 3.63) is 23.3 Å². The number of nitrogens with two attached hydrogens (primary N) is 1. The van der Waals surface area contributed by atoms with Gasteiger partial charge in [0.1, 0.15) is 5.82 Å². The highest BCUT2D eigenvalue weighted by Gasteiger charge is 2.14. The van der Waals surface area contributed by atoms with E-state index in [1.54, 1.807) is 19.1 Å². The van der Waals surface area contributed by atoms with E-state index in [4.69, 9.17) is 5.73 Å². The Kier molecular flexibility index (Phi) is 2.23. The predicted molar refractivity (Wildman–Crippen MR) is 61.2 cm³/mol. The molecule has 0 saturated heterocycles. The van der Waals surface area contributed by atoms with E-state index in [-0.39, 0.29) is 11.5 Å². The van der Waals surface area contributed by atoms with E-state index in [2.05, 4.69) is 10.2 Å². The van der Waals surface area contributed by atoms with Gasteiger partial charge in [0.05, 0.1) is 5.69 Å². The number of phenols is 2. The fraction of sp³-hybridized carbons (Fsp3) is 0.182. The van der Waals surface area contributed by atoms with Crippen LogP contribution in [0.25, 0.3) is 11.3 Å². The third-order valence-corrected chi connectivity index (χ3v) is 2.67. The van der Waals surface area contributed by atoms with Crippen LogP contribution in [0.3, 0.4) is 0 Å². The number of hydrogen-bond donors (Lipinski definition) is 4. The highest BCUT2D eigenvalue weighted by atomic mass is 16.3. The third-order valence-electron chi connectivity index (χ3n) is 2.67. The Morgan fingerprint density at radius 3 is 2.44 bits per heavy atom. The van der Waals surface area contributed by atoms with Crippen LogP contribution in [0.5, 0.6) is 11.5 Å². The molecule has 0 saturated carbocycles. The second-order valence-electron chi connectivity index (χ2n) is 3.77. The lowest BCUT2D eigenvalue weighted by Crippen LogP contribution is -1.87. The number of benzene rings is 1. The first-order chi connectivity index (χ1) is 7.50. The monoisotopic (exact) mass is 219 g/mol. The summed E-state index contributed by atoms with van der Waals surface area (Å²) in [4.78, 5) is 0. The molecule has 2 rings (SSSR count). The molecule has 84 valence electrons. The summed E-state index contributed by atoms with van der Waals surface area (Å²) in [5.74, 6) is 0.0713. The second kappa shape index (κ2) is 3.44. The van der Waals surface area contributed by atoms with E-state index >= 15 is 0 Å². The molecule has 1 aromatic heterocycles. The lowest BCUT2D eigenvalue weighted by atomic mass is 10.0. The minimum Gasteiger partial charge on any atom is -0.504 e. The van der Waals surface area contributed by atoms with E-state index in [0.717, 1.165) is 5.56 Å². The molecule has 1 heterocycles. The van der Waals surface area contributed by atoms with Gasteiger partial charge in [-0.25, -0.2) is 0 Å². The SMILES string of the molecule is Cc1cc(-c2cc(N)n[nH]2)c(O)c(O)c1C. The maximum absolute atomic E-state index is 9.83. The second-order valence-corrected chi connectivity index (χ2v) is 3.77. The van der Waals surface area contributed by atoms with E-state index in [0.29, 0.717) is 22.6 Å². The van der Waals surface area contributed by atoms with Gasteiger partial charge in [-0.15, -0.1) is 0 Å². The number of nitrogen functional groups attached to an aromatic ring is 1. The Morgan fingerprint density at radius 2 is 1.88 bits per heavy atom. The van der Waals surface area contributed by atoms with Crippen LogP contribution in [0.1, 0.15) is 11.1 Å². The van der Waals surface area contributed by atoms with Crippen LogP contribution in [-0.2, 0) is 0 Å². The molecule has 0 amide bonds. The number of hydrogen-bond acceptors (Lipinski definition) is 4. The summed E-state index contributed by atoms with van der Waals surface area (Å²) < 4.78 is 0. The molecule has 0 radical (unpaired) electrons. The number of nitrogens with zero attached hydrogens (tertiary/aromatic N) is 1. The van der Waals surface area contributed by atoms with Gasteiger partial charge in [0, 0.05) is 11.6 Å². The van der Waals surface area contributed by atoms with Crippen molar-refractivity contribution in [1.82, 2.24) is 10.2 Å². The van der Waals surface area contributed by atoms with Crippen molar-refractivity contribution >= 4 is 5.82 Å². The van der Waals surface area contributed by atoms with Gasteiger partial charge in [0.25, 0.3) is 0 Å². The normalized spacial score (nSPS) is 10.6. The highest BCUT2D eigenvalue weighted by Crippen LogP contribution is 2.39. The van der Waals surface area contributed by atoms with E-state index in [1.807, 2.05) is 6.92 Å². The summed E-state index contributed by atoms with van der Waals surface area (Å²) in [6, 6.07) is 3.38. The fourth-order valence-electron chi connectivity index (χ4n) is 1.57. The van der Waals surface area contributed by atoms with Gasteiger partial charge in [-0.1, -0.05) is 0 Å². The summed E-state index contributed by atoms with van der Waals surface area (Å²) in [6.07, 6.45) is 0. The number of aromatic amines is 1. The largest absolute Gasteiger partial charge is 0.504 e. The van der Waals surface area contributed by atoms with Gasteiger partial charge in [-0.05, 0) is 31.0 Å². The lowest BCUT2D eigenvalue weighted by Gasteiger charge is -2.09. The highest BCUT2D eigenvalue weighted by molar-refractivity contribution is 5.74. The van der Waals surface area contributed by atoms with E-state index < -0.39 is 0 Å². The van der Waals surface area contributed by atoms with Crippen LogP contribution in [0, 0.1) is 13.8 Å². The number of aromatic nitrogens is 2. The third kappa shape index (κ3) is 1.46. The van der Waals surface area contributed by atoms with Gasteiger partial charge in [0.15, 0.2) is 11.5 Å². The molecule has 1 aromatic carbocycles. The van der Waals surface area contributed by atoms with Gasteiger partial charge in [-0.2, -0.15) is 5.10 Å². The Bertz CT molecular complexity index is 546. The van der Waals surface area contributed by atoms with Crippen LogP contribution in [0.2, 0.25) is 0 Å². The van der Waals surface area contributed by atoms with Crippen molar-refractivity contribution in [2.45, 2.75) is 13.8 Å². The molecule has 0 aliphatic heterocycles. The number of H-pyrrole nitrogens is 1. The molecule has 2 aromatic rings. The predicted octanol–water partition coefficient (Wildman–Crippen LogP) is 1.69. The molecule has 5 nitrogen and oxygen atoms in total. The van der Waals surface area contributed by atoms with Gasteiger partial charge >= 0.3 is 0 Å². The van der Waals surface area contributed by atoms with Crippen LogP contribution in [0.15, 0.2) is 12.1 Å². The minimum absolute atomic E-state index is 0.108. The quantitative estimate of drug-likeness (QED) is 0.549. The number of aromatic hydroxyl groups is 2. The summed E-state index contributed by atoms with van der Waals surface area (Å²) in [5, 5.41) is 26.0. The molecule has 0 atom stereocenters. The standard InChI is InChI=1S/C11H13N3O2/c1-5-3-7(8-4-9(12)14-13-8)11(16)10(15)6(5)2/h3-4,15-16H,1-2H3,(H3,12,13,14). The molecule has 0 fully saturated rings. The lowest BCUT2D eigenvalue weighted by molar-refractivity contribution is 0.402. The van der Waals surface area contributed by atoms with Crippen LogP contribution < -0.4 is 5.73 Å². The summed E-state index contributed by atoms with van der Waals surface area (Å²) in [6.45, 7) is 3.60. The Balaban J connectivity index is 2.66. The maximum Gasteiger partial charge on any atom is 0.167 e. The zero-order valence-electron chi connectivity index (χ0n) is 9.07. The summed E-state index contributed by atoms with van der Waals surface area (Å²) >= 11 is 0. The van der Waals surface area contributed by atoms with Crippen LogP contribution in [0.4, 0.5) is 5.82 Å². The molecule has 16 heavy (non-hydrogen) atoms. The summed E-state index contributed by atoms with van der Waals surface area (Å²) in [5.41, 5.74) is 8.10. The zero-order chi connectivity index (χ0) is 11.9. The van der Waals surface area contributed by atoms with Crippen molar-refractivity contribution < 1.29 is 10.2 Å². The van der Waals surface area contributed by atoms with Crippen molar-refractivity contribution in [3.63, 3.8) is 0 Å². The van der Waals surface area contributed by atoms with Crippen LogP contribution in [-0.4, -0.2) is 20.4 Å². The first kappa shape index (κ1) is 10.4. The van der Waals surface area contributed by atoms with Crippen molar-refractivity contribution in [2.24, 2.45) is 0 Å². The molecule has 5 N–H and O–H groups in total. The van der Waals surface area contributed by atoms with Gasteiger partial charge in [0.2, 0.25) is 0 Å². The van der Waals surface area contributed by atoms with Crippen molar-refractivity contribution in [2.75, 3.05) is 5.73 Å². The van der Waals surface area contributed by atoms with E-state index in [9.17, 15) is 10.2 Å². The van der Waals surface area contributed by atoms with Crippen molar-refractivity contribution in [3.8, 4) is 22.8 Å². The van der Waals surface area contributed by atoms with Gasteiger partial charge < -0.3 is 15.9 Å². The van der Waals surface area contributed by atoms with Crippen LogP contribution >= 0.6 is 0 Å². The Morgan fingerprint density at radius 1 is 1.19 bits per heavy atom. The number of phenolic OH excluding ortho intramolecular Hbond substituents is 2. The molecule has 0 spiro atoms. The average Bonchev–Trinajstić information content (AvgIpc) is 2.67. The average molecular weight is 219 g/mol. The summed E-state index contributed by atoms with van der Waals surface area (Å²) in [7, 11) is 0.